The molecule has 0 radical (unpaired) electrons. The van der Waals surface area contributed by atoms with E-state index in [2.05, 4.69) is 0 Å². The summed E-state index contributed by atoms with van der Waals surface area (Å²) in [7, 11) is 3.02. The number of hydroxylamine groups is 2. The van der Waals surface area contributed by atoms with Crippen molar-refractivity contribution in [2.45, 2.75) is 33.3 Å². The van der Waals surface area contributed by atoms with Gasteiger partial charge in [0.25, 0.3) is 5.91 Å². The standard InChI is InChI=1S/C13H24N2O4/c1-9-7-15(12(17)19-13(2,3)4)8-10(9)11(16)14(5)18-6/h9-10H,7-8H2,1-6H3. The van der Waals surface area contributed by atoms with Crippen molar-refractivity contribution in [1.82, 2.24) is 9.96 Å². The molecule has 0 aliphatic carbocycles. The lowest BCUT2D eigenvalue weighted by Gasteiger charge is -2.24. The van der Waals surface area contributed by atoms with E-state index in [9.17, 15) is 9.59 Å². The average Bonchev–Trinajstić information content (AvgIpc) is 2.67. The molecular formula is C13H24N2O4. The summed E-state index contributed by atoms with van der Waals surface area (Å²) in [6, 6.07) is 0. The molecule has 19 heavy (non-hydrogen) atoms. The zero-order valence-corrected chi connectivity index (χ0v) is 12.6. The van der Waals surface area contributed by atoms with Gasteiger partial charge in [-0.3, -0.25) is 9.63 Å². The number of amides is 2. The molecule has 2 unspecified atom stereocenters. The van der Waals surface area contributed by atoms with Crippen LogP contribution in [0.25, 0.3) is 0 Å². The highest BCUT2D eigenvalue weighted by Crippen LogP contribution is 2.26. The van der Waals surface area contributed by atoms with Gasteiger partial charge < -0.3 is 9.64 Å². The summed E-state index contributed by atoms with van der Waals surface area (Å²) >= 11 is 0. The van der Waals surface area contributed by atoms with Gasteiger partial charge >= 0.3 is 6.09 Å². The van der Waals surface area contributed by atoms with Crippen LogP contribution in [0.2, 0.25) is 0 Å². The van der Waals surface area contributed by atoms with Gasteiger partial charge in [-0.2, -0.15) is 0 Å². The zero-order chi connectivity index (χ0) is 14.8. The highest BCUT2D eigenvalue weighted by molar-refractivity contribution is 5.80. The van der Waals surface area contributed by atoms with Gasteiger partial charge in [-0.05, 0) is 26.7 Å². The Hall–Kier alpha value is -1.30. The number of rotatable bonds is 2. The highest BCUT2D eigenvalue weighted by atomic mass is 16.7. The van der Waals surface area contributed by atoms with Gasteiger partial charge in [0, 0.05) is 20.1 Å². The molecule has 0 aromatic rings. The maximum absolute atomic E-state index is 12.1. The summed E-state index contributed by atoms with van der Waals surface area (Å²) in [5, 5.41) is 1.21. The van der Waals surface area contributed by atoms with Crippen molar-refractivity contribution in [2.24, 2.45) is 11.8 Å². The van der Waals surface area contributed by atoms with Crippen LogP contribution in [0.15, 0.2) is 0 Å². The van der Waals surface area contributed by atoms with Crippen molar-refractivity contribution in [3.63, 3.8) is 0 Å². The number of hydrogen-bond donors (Lipinski definition) is 0. The Balaban J connectivity index is 2.64. The van der Waals surface area contributed by atoms with Crippen LogP contribution in [0.1, 0.15) is 27.7 Å². The molecule has 0 saturated carbocycles. The highest BCUT2D eigenvalue weighted by Gasteiger charge is 2.39. The number of carbonyl (C=O) groups is 2. The Morgan fingerprint density at radius 3 is 2.32 bits per heavy atom. The van der Waals surface area contributed by atoms with Crippen LogP contribution in [0.4, 0.5) is 4.79 Å². The number of hydrogen-bond acceptors (Lipinski definition) is 4. The molecule has 2 atom stereocenters. The van der Waals surface area contributed by atoms with E-state index in [1.165, 1.54) is 12.2 Å². The van der Waals surface area contributed by atoms with Crippen LogP contribution in [-0.2, 0) is 14.4 Å². The van der Waals surface area contributed by atoms with E-state index in [-0.39, 0.29) is 23.8 Å². The quantitative estimate of drug-likeness (QED) is 0.715. The lowest BCUT2D eigenvalue weighted by Crippen LogP contribution is -2.38. The van der Waals surface area contributed by atoms with Crippen molar-refractivity contribution in [1.29, 1.82) is 0 Å². The van der Waals surface area contributed by atoms with Crippen molar-refractivity contribution in [2.75, 3.05) is 27.2 Å². The number of ether oxygens (including phenoxy) is 1. The number of carbonyl (C=O) groups excluding carboxylic acids is 2. The fraction of sp³-hybridized carbons (Fsp3) is 0.846. The third kappa shape index (κ3) is 4.09. The van der Waals surface area contributed by atoms with Gasteiger partial charge in [0.15, 0.2) is 0 Å². The summed E-state index contributed by atoms with van der Waals surface area (Å²) < 4.78 is 5.32. The van der Waals surface area contributed by atoms with E-state index in [1.54, 1.807) is 11.9 Å². The van der Waals surface area contributed by atoms with Crippen LogP contribution < -0.4 is 0 Å². The van der Waals surface area contributed by atoms with Gasteiger partial charge in [0.1, 0.15) is 5.60 Å². The topological polar surface area (TPSA) is 59.1 Å². The minimum absolute atomic E-state index is 0.0950. The molecule has 0 aromatic heterocycles. The van der Waals surface area contributed by atoms with Crippen molar-refractivity contribution < 1.29 is 19.2 Å². The number of nitrogens with zero attached hydrogens (tertiary/aromatic N) is 2. The zero-order valence-electron chi connectivity index (χ0n) is 12.6. The average molecular weight is 272 g/mol. The Bertz CT molecular complexity index is 351. The first-order valence-corrected chi connectivity index (χ1v) is 6.45. The van der Waals surface area contributed by atoms with Crippen LogP contribution in [0.3, 0.4) is 0 Å². The van der Waals surface area contributed by atoms with Crippen molar-refractivity contribution in [3.8, 4) is 0 Å². The third-order valence-electron chi connectivity index (χ3n) is 3.17. The fourth-order valence-corrected chi connectivity index (χ4v) is 2.09. The van der Waals surface area contributed by atoms with Crippen LogP contribution in [-0.4, -0.2) is 54.8 Å². The van der Waals surface area contributed by atoms with Crippen LogP contribution in [0.5, 0.6) is 0 Å². The largest absolute Gasteiger partial charge is 0.444 e. The van der Waals surface area contributed by atoms with Crippen LogP contribution >= 0.6 is 0 Å². The Kier molecular flexibility index (Phi) is 4.79. The van der Waals surface area contributed by atoms with Gasteiger partial charge in [-0.1, -0.05) is 6.92 Å². The normalized spacial score (nSPS) is 23.4. The smallest absolute Gasteiger partial charge is 0.410 e. The molecular weight excluding hydrogens is 248 g/mol. The molecule has 1 fully saturated rings. The summed E-state index contributed by atoms with van der Waals surface area (Å²) in [6.45, 7) is 8.34. The molecule has 110 valence electrons. The molecule has 2 amide bonds. The van der Waals surface area contributed by atoms with Gasteiger partial charge in [0.05, 0.1) is 13.0 Å². The molecule has 1 heterocycles. The summed E-state index contributed by atoms with van der Waals surface area (Å²) in [5.41, 5.74) is -0.522. The molecule has 1 aliphatic rings. The van der Waals surface area contributed by atoms with E-state index in [0.29, 0.717) is 13.1 Å². The van der Waals surface area contributed by atoms with E-state index in [1.807, 2.05) is 27.7 Å². The lowest BCUT2D eigenvalue weighted by molar-refractivity contribution is -0.174. The van der Waals surface area contributed by atoms with E-state index in [4.69, 9.17) is 9.57 Å². The maximum atomic E-state index is 12.1. The monoisotopic (exact) mass is 272 g/mol. The molecule has 6 nitrogen and oxygen atoms in total. The molecule has 0 bridgehead atoms. The maximum Gasteiger partial charge on any atom is 0.410 e. The summed E-state index contributed by atoms with van der Waals surface area (Å²) in [5.74, 6) is -0.254. The first-order chi connectivity index (χ1) is 8.65. The Morgan fingerprint density at radius 1 is 1.26 bits per heavy atom. The second-order valence-corrected chi connectivity index (χ2v) is 5.99. The second kappa shape index (κ2) is 5.77. The molecule has 1 aliphatic heterocycles. The first-order valence-electron chi connectivity index (χ1n) is 6.45. The fourth-order valence-electron chi connectivity index (χ4n) is 2.09. The van der Waals surface area contributed by atoms with E-state index >= 15 is 0 Å². The molecule has 0 aromatic carbocycles. The second-order valence-electron chi connectivity index (χ2n) is 5.99. The molecule has 6 heteroatoms. The predicted molar refractivity (Wildman–Crippen MR) is 70.2 cm³/mol. The molecule has 0 N–H and O–H groups in total. The van der Waals surface area contributed by atoms with Crippen LogP contribution in [0, 0.1) is 11.8 Å². The van der Waals surface area contributed by atoms with E-state index in [0.717, 1.165) is 0 Å². The summed E-state index contributed by atoms with van der Waals surface area (Å²) in [6.07, 6.45) is -0.366. The molecule has 0 spiro atoms. The minimum atomic E-state index is -0.522. The first kappa shape index (κ1) is 15.8. The SMILES string of the molecule is CON(C)C(=O)C1CN(C(=O)OC(C)(C)C)CC1C. The minimum Gasteiger partial charge on any atom is -0.444 e. The summed E-state index contributed by atoms with van der Waals surface area (Å²) in [4.78, 5) is 30.5. The Morgan fingerprint density at radius 2 is 1.84 bits per heavy atom. The molecule has 1 saturated heterocycles. The van der Waals surface area contributed by atoms with E-state index < -0.39 is 5.60 Å². The predicted octanol–water partition coefficient (Wildman–Crippen LogP) is 1.51. The Labute approximate surface area is 114 Å². The number of likely N-dealkylation sites (tertiary alicyclic amines) is 1. The van der Waals surface area contributed by atoms with Gasteiger partial charge in [0.2, 0.25) is 0 Å². The van der Waals surface area contributed by atoms with Gasteiger partial charge in [-0.15, -0.1) is 0 Å². The lowest BCUT2D eigenvalue weighted by atomic mass is 9.97. The molecule has 1 rings (SSSR count). The van der Waals surface area contributed by atoms with Crippen molar-refractivity contribution >= 4 is 12.0 Å². The van der Waals surface area contributed by atoms with Crippen molar-refractivity contribution in [3.05, 3.63) is 0 Å². The van der Waals surface area contributed by atoms with Gasteiger partial charge in [-0.25, -0.2) is 9.86 Å². The third-order valence-corrected chi connectivity index (χ3v) is 3.17.